The van der Waals surface area contributed by atoms with Gasteiger partial charge in [-0.25, -0.2) is 0 Å². The predicted molar refractivity (Wildman–Crippen MR) is 519 cm³/mol. The molecule has 576 valence electrons. The first-order valence-corrected chi connectivity index (χ1v) is 44.1. The number of hydrogen-bond donors (Lipinski definition) is 2. The van der Waals surface area contributed by atoms with E-state index in [0.29, 0.717) is 11.1 Å². The molecule has 0 fully saturated rings. The fourth-order valence-electron chi connectivity index (χ4n) is 17.1. The van der Waals surface area contributed by atoms with Crippen LogP contribution in [0.4, 0.5) is 0 Å². The average Bonchev–Trinajstić information content (AvgIpc) is 1.46. The van der Waals surface area contributed by atoms with Gasteiger partial charge < -0.3 is 19.0 Å². The number of alkyl halides is 1. The SMILES string of the molecule is Brc1ccc(C(I)(c2cccc(-c3cccc4c3oc3ccccc34)c2)c2ccccc2-c2ccccc2)cc1.OC(c1ccc(-c2cccc(Br)c2)cc1)(c1ccccc1-c1ccccc1)c1cccc2c1oc1ccccc12.OC(c1ccc(-c2cccc3c2sc2ccccc23)cc1)(c1cccc(Br)c1)c1ccccc1-c1ccccc1. The summed E-state index contributed by atoms with van der Waals surface area (Å²) in [6.07, 6.45) is 0. The van der Waals surface area contributed by atoms with Crippen LogP contribution in [0.3, 0.4) is 0 Å². The summed E-state index contributed by atoms with van der Waals surface area (Å²) in [7, 11) is 0. The smallest absolute Gasteiger partial charge is 0.144 e. The van der Waals surface area contributed by atoms with Gasteiger partial charge in [-0.1, -0.05) is 446 Å². The molecule has 21 rings (SSSR count). The second kappa shape index (κ2) is 33.6. The number of halogens is 4. The van der Waals surface area contributed by atoms with Gasteiger partial charge in [-0.05, 0) is 155 Å². The van der Waals surface area contributed by atoms with Crippen molar-refractivity contribution >= 4 is 146 Å². The number of aliphatic hydroxyl groups is 2. The van der Waals surface area contributed by atoms with Gasteiger partial charge in [-0.2, -0.15) is 0 Å². The number of hydrogen-bond acceptors (Lipinski definition) is 5. The van der Waals surface area contributed by atoms with Crippen molar-refractivity contribution in [1.82, 2.24) is 0 Å². The summed E-state index contributed by atoms with van der Waals surface area (Å²) in [4.78, 5) is 0. The van der Waals surface area contributed by atoms with Gasteiger partial charge in [0.1, 0.15) is 33.5 Å². The van der Waals surface area contributed by atoms with Crippen molar-refractivity contribution in [2.24, 2.45) is 0 Å². The number of benzene rings is 18. The standard InChI is InChI=1S/C37H24BrIO.C37H25BrO2.C37H25BrOS/c38-29-22-20-27(21-23-29)37(39,34-18-6-4-14-30(34)25-10-2-1-3-11-25)28-13-8-12-26(24-28)31-16-9-17-33-32-15-5-7-19-35(32)40-36(31)33;38-29-13-8-12-27(24-29)25-20-22-28(23-21-25)37(39,33-17-6-4-14-30(33)26-10-2-1-3-11-26)34-18-9-16-32-31-15-5-7-19-35(31)40-36(32)34;38-29-13-8-12-28(24-29)37(39,34-18-6-4-14-30(34)25-10-2-1-3-11-25)27-22-20-26(21-23-27)31-16-9-17-33-32-15-5-7-19-35(32)40-36(31)33/h1-24H;2*1-24,39H. The first kappa shape index (κ1) is 77.8. The summed E-state index contributed by atoms with van der Waals surface area (Å²) < 4.78 is 18.0. The Labute approximate surface area is 739 Å². The Hall–Kier alpha value is -12.1. The predicted octanol–water partition coefficient (Wildman–Crippen LogP) is 31.8. The molecule has 0 spiro atoms. The first-order valence-electron chi connectivity index (χ1n) is 39.8. The molecule has 21 aromatic rings. The molecule has 0 aliphatic heterocycles. The lowest BCUT2D eigenvalue weighted by Gasteiger charge is -2.32. The molecule has 3 aromatic heterocycles. The lowest BCUT2D eigenvalue weighted by molar-refractivity contribution is 0.126. The minimum absolute atomic E-state index is 0.442. The summed E-state index contributed by atoms with van der Waals surface area (Å²) in [5, 5.41) is 32.8. The largest absolute Gasteiger partial charge is 0.456 e. The highest BCUT2D eigenvalue weighted by Crippen LogP contribution is 2.52. The zero-order valence-corrected chi connectivity index (χ0v) is 72.4. The Morgan fingerprint density at radius 2 is 0.625 bits per heavy atom. The monoisotopic (exact) mass is 1870 g/mol. The van der Waals surface area contributed by atoms with E-state index in [9.17, 15) is 10.2 Å². The third-order valence-electron chi connectivity index (χ3n) is 22.9. The van der Waals surface area contributed by atoms with Gasteiger partial charge in [0.05, 0.1) is 3.42 Å². The Kier molecular flexibility index (Phi) is 21.8. The highest BCUT2D eigenvalue weighted by atomic mass is 127. The molecule has 3 atom stereocenters. The minimum atomic E-state index is -1.49. The van der Waals surface area contributed by atoms with E-state index < -0.39 is 14.6 Å². The number of rotatable bonds is 15. The molecular formula is C111H74Br3IO4S. The molecule has 120 heavy (non-hydrogen) atoms. The molecule has 4 nitrogen and oxygen atoms in total. The maximum absolute atomic E-state index is 13.1. The van der Waals surface area contributed by atoms with Crippen molar-refractivity contribution in [1.29, 1.82) is 0 Å². The van der Waals surface area contributed by atoms with E-state index in [0.717, 1.165) is 130 Å². The topological polar surface area (TPSA) is 66.7 Å². The minimum Gasteiger partial charge on any atom is -0.456 e. The number of thiophene rings is 1. The first-order chi connectivity index (χ1) is 58.9. The molecular weight excluding hydrogens is 1800 g/mol. The van der Waals surface area contributed by atoms with E-state index in [1.165, 1.54) is 53.6 Å². The Morgan fingerprint density at radius 1 is 0.233 bits per heavy atom. The van der Waals surface area contributed by atoms with Gasteiger partial charge in [0.15, 0.2) is 0 Å². The molecule has 0 aliphatic carbocycles. The average molecular weight is 1870 g/mol. The third-order valence-corrected chi connectivity index (χ3v) is 27.5. The van der Waals surface area contributed by atoms with Crippen molar-refractivity contribution in [3.8, 4) is 66.8 Å². The molecule has 0 radical (unpaired) electrons. The molecule has 0 aliphatic rings. The van der Waals surface area contributed by atoms with Crippen LogP contribution >= 0.6 is 81.7 Å². The van der Waals surface area contributed by atoms with E-state index in [4.69, 9.17) is 8.83 Å². The lowest BCUT2D eigenvalue weighted by atomic mass is 9.76. The van der Waals surface area contributed by atoms with E-state index in [-0.39, 0.29) is 0 Å². The van der Waals surface area contributed by atoms with Crippen LogP contribution in [0.15, 0.2) is 459 Å². The Balaban J connectivity index is 0.000000119. The maximum atomic E-state index is 13.1. The highest BCUT2D eigenvalue weighted by Gasteiger charge is 2.41. The zero-order chi connectivity index (χ0) is 81.3. The van der Waals surface area contributed by atoms with Crippen molar-refractivity contribution in [2.45, 2.75) is 14.6 Å². The number of para-hydroxylation sites is 4. The van der Waals surface area contributed by atoms with Crippen LogP contribution in [-0.2, 0) is 14.6 Å². The van der Waals surface area contributed by atoms with Gasteiger partial charge in [0.25, 0.3) is 0 Å². The van der Waals surface area contributed by atoms with Crippen LogP contribution in [0, 0.1) is 0 Å². The summed E-state index contributed by atoms with van der Waals surface area (Å²) in [5.74, 6) is 0. The maximum Gasteiger partial charge on any atom is 0.144 e. The van der Waals surface area contributed by atoms with Gasteiger partial charge in [-0.15, -0.1) is 11.3 Å². The van der Waals surface area contributed by atoms with E-state index >= 15 is 0 Å². The second-order valence-corrected chi connectivity index (χ2v) is 35.3. The van der Waals surface area contributed by atoms with Crippen molar-refractivity contribution in [2.75, 3.05) is 0 Å². The summed E-state index contributed by atoms with van der Waals surface area (Å²) in [6, 6.07) is 151. The quantitative estimate of drug-likeness (QED) is 0.0610. The van der Waals surface area contributed by atoms with Crippen LogP contribution in [0.25, 0.3) is 131 Å². The molecule has 0 bridgehead atoms. The number of fused-ring (bicyclic) bond motifs is 9. The van der Waals surface area contributed by atoms with E-state index in [1.807, 2.05) is 175 Å². The fraction of sp³-hybridized carbons (Fsp3) is 0.0270. The molecule has 2 N–H and O–H groups in total. The Morgan fingerprint density at radius 3 is 1.23 bits per heavy atom. The second-order valence-electron chi connectivity index (χ2n) is 29.9. The van der Waals surface area contributed by atoms with Crippen molar-refractivity contribution in [3.05, 3.63) is 500 Å². The lowest BCUT2D eigenvalue weighted by Crippen LogP contribution is -2.30. The van der Waals surface area contributed by atoms with E-state index in [1.54, 1.807) is 0 Å². The van der Waals surface area contributed by atoms with Gasteiger partial charge in [0.2, 0.25) is 0 Å². The summed E-state index contributed by atoms with van der Waals surface area (Å²) in [6.45, 7) is 0. The molecule has 18 aromatic carbocycles. The molecule has 0 saturated heterocycles. The van der Waals surface area contributed by atoms with E-state index in [2.05, 4.69) is 343 Å². The van der Waals surface area contributed by atoms with Crippen LogP contribution in [0.1, 0.15) is 50.1 Å². The van der Waals surface area contributed by atoms with Gasteiger partial charge in [0, 0.05) is 77.4 Å². The van der Waals surface area contributed by atoms with Crippen LogP contribution in [0.2, 0.25) is 0 Å². The fourth-order valence-corrected chi connectivity index (χ4v) is 20.6. The summed E-state index contributed by atoms with van der Waals surface area (Å²) >= 11 is 15.4. The van der Waals surface area contributed by atoms with Gasteiger partial charge >= 0.3 is 0 Å². The van der Waals surface area contributed by atoms with Crippen LogP contribution in [-0.4, -0.2) is 10.2 Å². The third kappa shape index (κ3) is 14.7. The van der Waals surface area contributed by atoms with Crippen LogP contribution in [0.5, 0.6) is 0 Å². The van der Waals surface area contributed by atoms with Crippen LogP contribution < -0.4 is 0 Å². The normalized spacial score (nSPS) is 12.9. The molecule has 0 amide bonds. The zero-order valence-electron chi connectivity index (χ0n) is 64.7. The number of furan rings is 2. The molecule has 9 heteroatoms. The highest BCUT2D eigenvalue weighted by molar-refractivity contribution is 14.1. The molecule has 0 saturated carbocycles. The summed E-state index contributed by atoms with van der Waals surface area (Å²) in [5.41, 5.74) is 22.2. The van der Waals surface area contributed by atoms with Crippen molar-refractivity contribution in [3.63, 3.8) is 0 Å². The van der Waals surface area contributed by atoms with Crippen molar-refractivity contribution < 1.29 is 19.0 Å². The van der Waals surface area contributed by atoms with Gasteiger partial charge in [-0.3, -0.25) is 0 Å². The Bertz CT molecular complexity index is 7310. The molecule has 3 unspecified atom stereocenters. The molecule has 3 heterocycles.